The maximum atomic E-state index is 13.0. The predicted molar refractivity (Wildman–Crippen MR) is 107 cm³/mol. The van der Waals surface area contributed by atoms with Gasteiger partial charge in [-0.25, -0.2) is 9.18 Å². The van der Waals surface area contributed by atoms with Crippen molar-refractivity contribution in [2.75, 3.05) is 11.1 Å². The van der Waals surface area contributed by atoms with Crippen LogP contribution < -0.4 is 10.1 Å². The number of nitrogens with one attached hydrogen (secondary N) is 1. The monoisotopic (exact) mass is 407 g/mol. The first-order valence-electron chi connectivity index (χ1n) is 8.69. The number of esters is 1. The fourth-order valence-electron chi connectivity index (χ4n) is 2.82. The Labute approximate surface area is 169 Å². The van der Waals surface area contributed by atoms with Crippen LogP contribution in [0.5, 0.6) is 5.75 Å². The van der Waals surface area contributed by atoms with Gasteiger partial charge in [-0.3, -0.25) is 9.59 Å². The van der Waals surface area contributed by atoms with Gasteiger partial charge in [-0.15, -0.1) is 11.8 Å². The third kappa shape index (κ3) is 4.20. The molecule has 144 valence electrons. The van der Waals surface area contributed by atoms with Crippen molar-refractivity contribution in [1.82, 2.24) is 0 Å². The molecule has 0 atom stereocenters. The molecule has 0 saturated carbocycles. The maximum absolute atomic E-state index is 13.0. The summed E-state index contributed by atoms with van der Waals surface area (Å²) in [5.74, 6) is -0.735. The van der Waals surface area contributed by atoms with Crippen molar-refractivity contribution >= 4 is 35.1 Å². The number of ketones is 1. The summed E-state index contributed by atoms with van der Waals surface area (Å²) in [4.78, 5) is 37.2. The molecule has 0 fully saturated rings. The zero-order chi connectivity index (χ0) is 20.4. The van der Waals surface area contributed by atoms with Crippen LogP contribution in [0.4, 0.5) is 10.1 Å². The van der Waals surface area contributed by atoms with Crippen LogP contribution in [0.15, 0.2) is 71.6 Å². The number of ether oxygens (including phenoxy) is 1. The largest absolute Gasteiger partial charge is 0.423 e. The minimum atomic E-state index is -0.574. The molecule has 0 spiro atoms. The third-order valence-corrected chi connectivity index (χ3v) is 5.36. The second-order valence-corrected chi connectivity index (χ2v) is 7.31. The van der Waals surface area contributed by atoms with Crippen LogP contribution in [0.1, 0.15) is 26.3 Å². The summed E-state index contributed by atoms with van der Waals surface area (Å²) in [5.41, 5.74) is 1.65. The summed E-state index contributed by atoms with van der Waals surface area (Å²) >= 11 is 1.41. The van der Waals surface area contributed by atoms with E-state index in [4.69, 9.17) is 4.74 Å². The Morgan fingerprint density at radius 3 is 2.21 bits per heavy atom. The Balaban J connectivity index is 1.47. The summed E-state index contributed by atoms with van der Waals surface area (Å²) in [5, 5.41) is 2.73. The Morgan fingerprint density at radius 2 is 1.52 bits per heavy atom. The Hall–Kier alpha value is -3.45. The van der Waals surface area contributed by atoms with Crippen LogP contribution in [-0.4, -0.2) is 23.4 Å². The molecule has 0 radical (unpaired) electrons. The number of carbonyl (C=O) groups excluding carboxylic acids is 3. The van der Waals surface area contributed by atoms with Gasteiger partial charge in [0, 0.05) is 16.0 Å². The van der Waals surface area contributed by atoms with Gasteiger partial charge in [0.15, 0.2) is 5.78 Å². The number of halogens is 1. The first-order valence-corrected chi connectivity index (χ1v) is 9.67. The average Bonchev–Trinajstić information content (AvgIpc) is 2.73. The van der Waals surface area contributed by atoms with Gasteiger partial charge < -0.3 is 10.1 Å². The van der Waals surface area contributed by atoms with Gasteiger partial charge in [0.1, 0.15) is 11.6 Å². The lowest BCUT2D eigenvalue weighted by atomic mass is 10.0. The van der Waals surface area contributed by atoms with Gasteiger partial charge >= 0.3 is 5.97 Å². The molecule has 0 bridgehead atoms. The molecular weight excluding hydrogens is 393 g/mol. The highest BCUT2D eigenvalue weighted by Crippen LogP contribution is 2.32. The Bertz CT molecular complexity index is 1110. The van der Waals surface area contributed by atoms with Gasteiger partial charge in [-0.2, -0.15) is 0 Å². The topological polar surface area (TPSA) is 72.5 Å². The van der Waals surface area contributed by atoms with E-state index in [2.05, 4.69) is 5.32 Å². The van der Waals surface area contributed by atoms with E-state index in [0.717, 1.165) is 4.90 Å². The van der Waals surface area contributed by atoms with Crippen molar-refractivity contribution in [3.63, 3.8) is 0 Å². The lowest BCUT2D eigenvalue weighted by Crippen LogP contribution is -2.19. The third-order valence-electron chi connectivity index (χ3n) is 4.28. The lowest BCUT2D eigenvalue weighted by Gasteiger charge is -2.16. The molecule has 3 aromatic carbocycles. The number of amides is 1. The summed E-state index contributed by atoms with van der Waals surface area (Å²) in [6.07, 6.45) is 0. The number of thioether (sulfide) groups is 1. The minimum absolute atomic E-state index is 0.116. The van der Waals surface area contributed by atoms with E-state index in [1.807, 2.05) is 0 Å². The summed E-state index contributed by atoms with van der Waals surface area (Å²) in [6.45, 7) is 0. The normalized spacial score (nSPS) is 12.7. The molecule has 1 aliphatic rings. The predicted octanol–water partition coefficient (Wildman–Crippen LogP) is 4.32. The van der Waals surface area contributed by atoms with Crippen LogP contribution in [0.25, 0.3) is 0 Å². The van der Waals surface area contributed by atoms with Crippen molar-refractivity contribution in [2.24, 2.45) is 0 Å². The van der Waals surface area contributed by atoms with Crippen molar-refractivity contribution in [3.8, 4) is 5.75 Å². The average molecular weight is 407 g/mol. The minimum Gasteiger partial charge on any atom is -0.423 e. The van der Waals surface area contributed by atoms with Gasteiger partial charge in [0.05, 0.1) is 17.0 Å². The highest BCUT2D eigenvalue weighted by Gasteiger charge is 2.18. The van der Waals surface area contributed by atoms with Gasteiger partial charge in [-0.05, 0) is 66.7 Å². The lowest BCUT2D eigenvalue weighted by molar-refractivity contribution is -0.113. The fourth-order valence-corrected chi connectivity index (χ4v) is 3.61. The number of anilines is 1. The Morgan fingerprint density at radius 1 is 0.897 bits per heavy atom. The van der Waals surface area contributed by atoms with E-state index in [-0.39, 0.29) is 17.4 Å². The molecule has 4 rings (SSSR count). The molecule has 1 N–H and O–H groups in total. The first kappa shape index (κ1) is 18.9. The number of hydrogen-bond donors (Lipinski definition) is 1. The molecule has 5 nitrogen and oxygen atoms in total. The number of hydrogen-bond acceptors (Lipinski definition) is 5. The highest BCUT2D eigenvalue weighted by atomic mass is 32.2. The maximum Gasteiger partial charge on any atom is 0.343 e. The zero-order valence-electron chi connectivity index (χ0n) is 15.0. The van der Waals surface area contributed by atoms with Crippen molar-refractivity contribution < 1.29 is 23.5 Å². The molecule has 1 heterocycles. The number of benzene rings is 3. The first-order chi connectivity index (χ1) is 14.0. The van der Waals surface area contributed by atoms with E-state index in [9.17, 15) is 18.8 Å². The second kappa shape index (κ2) is 7.89. The SMILES string of the molecule is O=C1CSc2ccc(C(=O)Oc3ccc(C(=O)c4ccc(F)cc4)cc3)cc2N1. The van der Waals surface area contributed by atoms with E-state index < -0.39 is 11.8 Å². The van der Waals surface area contributed by atoms with Crippen LogP contribution in [0, 0.1) is 5.82 Å². The molecular formula is C22H14FNO4S. The molecule has 0 aliphatic carbocycles. The second-order valence-electron chi connectivity index (χ2n) is 6.30. The quantitative estimate of drug-likeness (QED) is 0.396. The van der Waals surface area contributed by atoms with Crippen LogP contribution in [-0.2, 0) is 4.79 Å². The van der Waals surface area contributed by atoms with Crippen LogP contribution in [0.2, 0.25) is 0 Å². The molecule has 7 heteroatoms. The van der Waals surface area contributed by atoms with Crippen LogP contribution in [0.3, 0.4) is 0 Å². The molecule has 29 heavy (non-hydrogen) atoms. The van der Waals surface area contributed by atoms with Crippen molar-refractivity contribution in [1.29, 1.82) is 0 Å². The number of carbonyl (C=O) groups is 3. The van der Waals surface area contributed by atoms with E-state index in [1.54, 1.807) is 18.2 Å². The number of rotatable bonds is 4. The van der Waals surface area contributed by atoms with E-state index >= 15 is 0 Å². The van der Waals surface area contributed by atoms with E-state index in [1.165, 1.54) is 60.3 Å². The van der Waals surface area contributed by atoms with Gasteiger partial charge in [0.2, 0.25) is 5.91 Å². The summed E-state index contributed by atoms with van der Waals surface area (Å²) in [7, 11) is 0. The zero-order valence-corrected chi connectivity index (χ0v) is 15.8. The smallest absolute Gasteiger partial charge is 0.343 e. The summed E-state index contributed by atoms with van der Waals surface area (Å²) in [6, 6.07) is 16.4. The van der Waals surface area contributed by atoms with Gasteiger partial charge in [-0.1, -0.05) is 0 Å². The molecule has 0 aromatic heterocycles. The molecule has 1 aliphatic heterocycles. The van der Waals surface area contributed by atoms with Crippen LogP contribution >= 0.6 is 11.8 Å². The molecule has 0 saturated heterocycles. The standard InChI is InChI=1S/C22H14FNO4S/c23-16-6-1-13(2-7-16)21(26)14-3-8-17(9-4-14)28-22(27)15-5-10-19-18(11-15)24-20(25)12-29-19/h1-11H,12H2,(H,24,25). The highest BCUT2D eigenvalue weighted by molar-refractivity contribution is 8.00. The Kier molecular flexibility index (Phi) is 5.14. The van der Waals surface area contributed by atoms with E-state index in [0.29, 0.717) is 28.1 Å². The summed E-state index contributed by atoms with van der Waals surface area (Å²) < 4.78 is 18.4. The molecule has 3 aromatic rings. The van der Waals surface area contributed by atoms with Gasteiger partial charge in [0.25, 0.3) is 0 Å². The van der Waals surface area contributed by atoms with Crippen molar-refractivity contribution in [3.05, 3.63) is 89.2 Å². The van der Waals surface area contributed by atoms with Crippen molar-refractivity contribution in [2.45, 2.75) is 4.90 Å². The molecule has 0 unspecified atom stereocenters. The molecule has 1 amide bonds. The fraction of sp³-hybridized carbons (Fsp3) is 0.0455. The number of fused-ring (bicyclic) bond motifs is 1.